The van der Waals surface area contributed by atoms with Gasteiger partial charge in [-0.05, 0) is 37.9 Å². The molecule has 0 aliphatic heterocycles. The number of hydrogen-bond acceptors (Lipinski definition) is 1. The third-order valence-electron chi connectivity index (χ3n) is 2.83. The maximum atomic E-state index is 6.18. The van der Waals surface area contributed by atoms with Crippen LogP contribution in [0.3, 0.4) is 0 Å². The standard InChI is InChI=1S/C15H23ClOSi/c1-4-8-15(17-18(2,3)13-16)12-11-14-9-6-5-7-10-14/h4-7,9-10,15H,1,8,11-13H2,2-3H3. The molecule has 0 aliphatic carbocycles. The minimum absolute atomic E-state index is 0.253. The summed E-state index contributed by atoms with van der Waals surface area (Å²) in [5, 5.41) is 0. The average Bonchev–Trinajstić information content (AvgIpc) is 2.37. The summed E-state index contributed by atoms with van der Waals surface area (Å²) in [5.41, 5.74) is 2.01. The second-order valence-electron chi connectivity index (χ2n) is 5.18. The number of aryl methyl sites for hydroxylation is 1. The Bertz CT molecular complexity index is 351. The first kappa shape index (κ1) is 15.5. The molecule has 0 spiro atoms. The minimum Gasteiger partial charge on any atom is -0.413 e. The highest BCUT2D eigenvalue weighted by Gasteiger charge is 2.25. The molecule has 3 heteroatoms. The van der Waals surface area contributed by atoms with Gasteiger partial charge in [0.2, 0.25) is 8.32 Å². The first-order valence-corrected chi connectivity index (χ1v) is 10.1. The van der Waals surface area contributed by atoms with E-state index >= 15 is 0 Å². The molecule has 0 bridgehead atoms. The van der Waals surface area contributed by atoms with Gasteiger partial charge in [-0.15, -0.1) is 18.2 Å². The zero-order chi connectivity index (χ0) is 13.4. The molecule has 0 saturated heterocycles. The third kappa shape index (κ3) is 5.85. The van der Waals surface area contributed by atoms with Crippen LogP contribution in [0.25, 0.3) is 0 Å². The maximum Gasteiger partial charge on any atom is 0.201 e. The van der Waals surface area contributed by atoms with Crippen LogP contribution in [0.1, 0.15) is 18.4 Å². The van der Waals surface area contributed by atoms with Gasteiger partial charge in [-0.25, -0.2) is 0 Å². The van der Waals surface area contributed by atoms with Gasteiger partial charge in [0.15, 0.2) is 0 Å². The van der Waals surface area contributed by atoms with Crippen LogP contribution in [0, 0.1) is 0 Å². The van der Waals surface area contributed by atoms with Gasteiger partial charge in [-0.1, -0.05) is 36.4 Å². The number of halogens is 1. The van der Waals surface area contributed by atoms with Crippen LogP contribution in [0.15, 0.2) is 43.0 Å². The van der Waals surface area contributed by atoms with Crippen molar-refractivity contribution in [3.8, 4) is 0 Å². The van der Waals surface area contributed by atoms with E-state index in [0.29, 0.717) is 5.50 Å². The molecule has 0 amide bonds. The molecule has 0 N–H and O–H groups in total. The molecule has 1 atom stereocenters. The molecule has 1 unspecified atom stereocenters. The van der Waals surface area contributed by atoms with Crippen molar-refractivity contribution in [3.63, 3.8) is 0 Å². The molecule has 18 heavy (non-hydrogen) atoms. The molecule has 0 heterocycles. The van der Waals surface area contributed by atoms with Crippen LogP contribution in [-0.2, 0) is 10.8 Å². The number of rotatable bonds is 8. The van der Waals surface area contributed by atoms with E-state index in [1.165, 1.54) is 5.56 Å². The molecule has 100 valence electrons. The van der Waals surface area contributed by atoms with Crippen LogP contribution >= 0.6 is 11.6 Å². The third-order valence-corrected chi connectivity index (χ3v) is 6.38. The summed E-state index contributed by atoms with van der Waals surface area (Å²) in [7, 11) is -1.70. The summed E-state index contributed by atoms with van der Waals surface area (Å²) in [4.78, 5) is 0. The fourth-order valence-electron chi connectivity index (χ4n) is 1.87. The van der Waals surface area contributed by atoms with Crippen LogP contribution in [0.5, 0.6) is 0 Å². The molecule has 0 fully saturated rings. The van der Waals surface area contributed by atoms with Gasteiger partial charge in [0.05, 0.1) is 0 Å². The van der Waals surface area contributed by atoms with E-state index in [1.54, 1.807) is 0 Å². The van der Waals surface area contributed by atoms with E-state index in [9.17, 15) is 0 Å². The Labute approximate surface area is 117 Å². The highest BCUT2D eigenvalue weighted by Crippen LogP contribution is 2.17. The van der Waals surface area contributed by atoms with Crippen molar-refractivity contribution < 1.29 is 4.43 Å². The van der Waals surface area contributed by atoms with Gasteiger partial charge < -0.3 is 4.43 Å². The Kier molecular flexibility index (Phi) is 6.69. The lowest BCUT2D eigenvalue weighted by molar-refractivity contribution is 0.186. The van der Waals surface area contributed by atoms with Crippen molar-refractivity contribution in [2.75, 3.05) is 5.50 Å². The highest BCUT2D eigenvalue weighted by molar-refractivity contribution is 6.77. The highest BCUT2D eigenvalue weighted by atomic mass is 35.5. The number of hydrogen-bond donors (Lipinski definition) is 0. The van der Waals surface area contributed by atoms with Crippen LogP contribution in [0.4, 0.5) is 0 Å². The zero-order valence-corrected chi connectivity index (χ0v) is 13.1. The van der Waals surface area contributed by atoms with Crippen molar-refractivity contribution >= 4 is 19.9 Å². The van der Waals surface area contributed by atoms with Crippen molar-refractivity contribution in [3.05, 3.63) is 48.6 Å². The van der Waals surface area contributed by atoms with Gasteiger partial charge in [-0.2, -0.15) is 0 Å². The molecule has 0 aromatic heterocycles. The van der Waals surface area contributed by atoms with Crippen molar-refractivity contribution in [1.29, 1.82) is 0 Å². The van der Waals surface area contributed by atoms with Gasteiger partial charge in [-0.3, -0.25) is 0 Å². The fourth-order valence-corrected chi connectivity index (χ4v) is 3.23. The minimum atomic E-state index is -1.70. The summed E-state index contributed by atoms with van der Waals surface area (Å²) in [6.07, 6.45) is 5.17. The lowest BCUT2D eigenvalue weighted by Crippen LogP contribution is -2.38. The molecule has 1 rings (SSSR count). The SMILES string of the molecule is C=CCC(CCc1ccccc1)O[Si](C)(C)CCl. The molecule has 1 aromatic carbocycles. The lowest BCUT2D eigenvalue weighted by Gasteiger charge is -2.27. The zero-order valence-electron chi connectivity index (χ0n) is 11.4. The Balaban J connectivity index is 2.50. The summed E-state index contributed by atoms with van der Waals surface area (Å²) in [6, 6.07) is 10.5. The van der Waals surface area contributed by atoms with E-state index in [4.69, 9.17) is 16.0 Å². The Hall–Kier alpha value is -0.573. The first-order chi connectivity index (χ1) is 8.57. The van der Waals surface area contributed by atoms with Crippen LogP contribution in [0.2, 0.25) is 13.1 Å². The van der Waals surface area contributed by atoms with Crippen LogP contribution in [-0.4, -0.2) is 19.9 Å². The second kappa shape index (κ2) is 7.77. The van der Waals surface area contributed by atoms with Gasteiger partial charge >= 0.3 is 0 Å². The number of benzene rings is 1. The van der Waals surface area contributed by atoms with Crippen LogP contribution < -0.4 is 0 Å². The smallest absolute Gasteiger partial charge is 0.201 e. The predicted octanol–water partition coefficient (Wildman–Crippen LogP) is 4.56. The predicted molar refractivity (Wildman–Crippen MR) is 82.7 cm³/mol. The van der Waals surface area contributed by atoms with E-state index in [1.807, 2.05) is 12.1 Å². The summed E-state index contributed by atoms with van der Waals surface area (Å²) >= 11 is 5.97. The molecular formula is C15H23ClOSi. The Morgan fingerprint density at radius 3 is 2.56 bits per heavy atom. The quantitative estimate of drug-likeness (QED) is 0.386. The molecular weight excluding hydrogens is 260 g/mol. The number of alkyl halides is 1. The largest absolute Gasteiger partial charge is 0.413 e. The van der Waals surface area contributed by atoms with E-state index in [-0.39, 0.29) is 6.10 Å². The fraction of sp³-hybridized carbons (Fsp3) is 0.467. The van der Waals surface area contributed by atoms with Gasteiger partial charge in [0.25, 0.3) is 0 Å². The first-order valence-electron chi connectivity index (χ1n) is 6.46. The average molecular weight is 283 g/mol. The maximum absolute atomic E-state index is 6.18. The molecule has 0 radical (unpaired) electrons. The van der Waals surface area contributed by atoms with E-state index < -0.39 is 8.32 Å². The van der Waals surface area contributed by atoms with Gasteiger partial charge in [0, 0.05) is 11.6 Å². The van der Waals surface area contributed by atoms with E-state index in [2.05, 4.69) is 43.9 Å². The van der Waals surface area contributed by atoms with Crippen molar-refractivity contribution in [1.82, 2.24) is 0 Å². The molecule has 1 aromatic rings. The Morgan fingerprint density at radius 1 is 1.33 bits per heavy atom. The summed E-state index contributed by atoms with van der Waals surface area (Å²) in [5.74, 6) is 0. The van der Waals surface area contributed by atoms with Crippen molar-refractivity contribution in [2.24, 2.45) is 0 Å². The lowest BCUT2D eigenvalue weighted by atomic mass is 10.1. The normalized spacial score (nSPS) is 13.3. The molecule has 1 nitrogen and oxygen atoms in total. The molecule has 0 aliphatic rings. The molecule has 0 saturated carbocycles. The Morgan fingerprint density at radius 2 is 2.00 bits per heavy atom. The topological polar surface area (TPSA) is 9.23 Å². The van der Waals surface area contributed by atoms with Gasteiger partial charge in [0.1, 0.15) is 0 Å². The van der Waals surface area contributed by atoms with E-state index in [0.717, 1.165) is 19.3 Å². The van der Waals surface area contributed by atoms with Crippen molar-refractivity contribution in [2.45, 2.75) is 38.5 Å². The summed E-state index contributed by atoms with van der Waals surface area (Å²) in [6.45, 7) is 8.14. The second-order valence-corrected chi connectivity index (χ2v) is 10.0. The monoisotopic (exact) mass is 282 g/mol. The summed E-state index contributed by atoms with van der Waals surface area (Å²) < 4.78 is 6.18.